The van der Waals surface area contributed by atoms with E-state index >= 15 is 0 Å². The first-order valence-corrected chi connectivity index (χ1v) is 13.8. The van der Waals surface area contributed by atoms with Crippen molar-refractivity contribution in [1.82, 2.24) is 9.80 Å². The third-order valence-corrected chi connectivity index (χ3v) is 9.01. The highest BCUT2D eigenvalue weighted by Crippen LogP contribution is 2.39. The number of hydrogen-bond donors (Lipinski definition) is 2. The van der Waals surface area contributed by atoms with Gasteiger partial charge in [0, 0.05) is 28.3 Å². The minimum atomic E-state index is -1.09. The number of carbonyl (C=O) groups is 2. The monoisotopic (exact) mass is 533 g/mol. The Hall–Kier alpha value is -2.04. The first-order valence-electron chi connectivity index (χ1n) is 11.1. The van der Waals surface area contributed by atoms with Gasteiger partial charge in [-0.3, -0.25) is 19.3 Å². The van der Waals surface area contributed by atoms with Crippen LogP contribution in [0.2, 0.25) is 5.02 Å². The molecule has 2 aromatic rings. The van der Waals surface area contributed by atoms with Gasteiger partial charge in [-0.05, 0) is 29.3 Å². The van der Waals surface area contributed by atoms with Crippen LogP contribution in [0.25, 0.3) is 0 Å². The lowest BCUT2D eigenvalue weighted by atomic mass is 9.95. The molecule has 2 aromatic carbocycles. The molecule has 10 heteroatoms. The Morgan fingerprint density at radius 1 is 1.26 bits per heavy atom. The first-order chi connectivity index (χ1) is 16.5. The van der Waals surface area contributed by atoms with Crippen molar-refractivity contribution in [1.29, 1.82) is 0 Å². The molecule has 3 atom stereocenters. The van der Waals surface area contributed by atoms with Crippen LogP contribution in [0.15, 0.2) is 48.5 Å². The summed E-state index contributed by atoms with van der Waals surface area (Å²) in [5.41, 5.74) is 8.36. The molecule has 0 fully saturated rings. The SMILES string of the molecule is CN(C(=O)C(N)CSSC(C)(C)C)C1C(=O)Nc2ccc(Cl)cc2C(c2ccccc2)N1C[C]=O. The van der Waals surface area contributed by atoms with Crippen molar-refractivity contribution in [2.45, 2.75) is 43.8 Å². The second-order valence-electron chi connectivity index (χ2n) is 9.26. The van der Waals surface area contributed by atoms with E-state index in [1.165, 1.54) is 22.7 Å². The minimum absolute atomic E-state index is 0.0209. The second kappa shape index (κ2) is 11.8. The van der Waals surface area contributed by atoms with Crippen molar-refractivity contribution in [2.24, 2.45) is 5.73 Å². The fraction of sp³-hybridized carbons (Fsp3) is 0.400. The smallest absolute Gasteiger partial charge is 0.262 e. The topological polar surface area (TPSA) is 95.7 Å². The molecule has 0 aromatic heterocycles. The van der Waals surface area contributed by atoms with Crippen molar-refractivity contribution >= 4 is 57.0 Å². The lowest BCUT2D eigenvalue weighted by Crippen LogP contribution is -2.59. The van der Waals surface area contributed by atoms with E-state index < -0.39 is 24.2 Å². The molecule has 3 unspecified atom stereocenters. The fourth-order valence-electron chi connectivity index (χ4n) is 3.94. The molecule has 1 radical (unpaired) electrons. The fourth-order valence-corrected chi connectivity index (χ4v) is 6.53. The maximum atomic E-state index is 13.5. The van der Waals surface area contributed by atoms with Gasteiger partial charge in [-0.15, -0.1) is 0 Å². The number of hydrogen-bond acceptors (Lipinski definition) is 7. The van der Waals surface area contributed by atoms with Crippen LogP contribution in [0.5, 0.6) is 0 Å². The number of halogens is 1. The molecule has 0 bridgehead atoms. The van der Waals surface area contributed by atoms with Crippen molar-refractivity contribution in [3.05, 3.63) is 64.7 Å². The quantitative estimate of drug-likeness (QED) is 0.493. The Bertz CT molecular complexity index is 1060. The molecule has 1 heterocycles. The number of carbonyl (C=O) groups excluding carboxylic acids is 3. The van der Waals surface area contributed by atoms with Gasteiger partial charge in [0.15, 0.2) is 6.17 Å². The van der Waals surface area contributed by atoms with Crippen LogP contribution in [-0.2, 0) is 14.4 Å². The van der Waals surface area contributed by atoms with Gasteiger partial charge in [-0.1, -0.05) is 84.3 Å². The van der Waals surface area contributed by atoms with E-state index in [0.717, 1.165) is 11.1 Å². The molecule has 0 spiro atoms. The number of rotatable bonds is 8. The van der Waals surface area contributed by atoms with Crippen molar-refractivity contribution in [3.63, 3.8) is 0 Å². The van der Waals surface area contributed by atoms with Crippen LogP contribution in [0.3, 0.4) is 0 Å². The molecule has 1 aliphatic heterocycles. The summed E-state index contributed by atoms with van der Waals surface area (Å²) in [4.78, 5) is 41.5. The molecule has 7 nitrogen and oxygen atoms in total. The Labute approximate surface area is 219 Å². The van der Waals surface area contributed by atoms with Crippen LogP contribution in [0, 0.1) is 0 Å². The summed E-state index contributed by atoms with van der Waals surface area (Å²) in [5, 5.41) is 3.41. The highest BCUT2D eigenvalue weighted by molar-refractivity contribution is 8.77. The highest BCUT2D eigenvalue weighted by atomic mass is 35.5. The van der Waals surface area contributed by atoms with E-state index in [1.54, 1.807) is 33.9 Å². The van der Waals surface area contributed by atoms with E-state index in [-0.39, 0.29) is 17.2 Å². The molecule has 1 aliphatic rings. The molecule has 0 aliphatic carbocycles. The standard InChI is InChI=1S/C25H30ClN4O3S2/c1-25(2,3)35-34-15-19(27)24(33)29(4)23-22(32)28-20-11-10-17(26)14-18(20)21(30(23)12-13-31)16-8-6-5-7-9-16/h5-11,14,19,21,23H,12,15,27H2,1-4H3,(H,28,32). The zero-order valence-corrected chi connectivity index (χ0v) is 22.5. The molecular formula is C25H30ClN4O3S2. The predicted molar refractivity (Wildman–Crippen MR) is 145 cm³/mol. The van der Waals surface area contributed by atoms with Crippen molar-refractivity contribution in [2.75, 3.05) is 24.7 Å². The normalized spacial score (nSPS) is 19.3. The summed E-state index contributed by atoms with van der Waals surface area (Å²) in [6.07, 6.45) is 0.830. The summed E-state index contributed by atoms with van der Waals surface area (Å²) in [5.74, 6) is -0.446. The Balaban J connectivity index is 2.00. The predicted octanol–water partition coefficient (Wildman–Crippen LogP) is 4.08. The summed E-state index contributed by atoms with van der Waals surface area (Å²) >= 11 is 6.32. The Morgan fingerprint density at radius 3 is 2.57 bits per heavy atom. The summed E-state index contributed by atoms with van der Waals surface area (Å²) < 4.78 is 0.0209. The van der Waals surface area contributed by atoms with Gasteiger partial charge in [0.25, 0.3) is 5.91 Å². The zero-order chi connectivity index (χ0) is 25.8. The molecule has 35 heavy (non-hydrogen) atoms. The minimum Gasteiger partial charge on any atom is -0.323 e. The van der Waals surface area contributed by atoms with Gasteiger partial charge in [0.1, 0.15) is 0 Å². The number of benzene rings is 2. The third-order valence-electron chi connectivity index (χ3n) is 5.40. The number of fused-ring (bicyclic) bond motifs is 1. The van der Waals surface area contributed by atoms with Gasteiger partial charge >= 0.3 is 0 Å². The van der Waals surface area contributed by atoms with E-state index in [4.69, 9.17) is 17.3 Å². The Kier molecular flexibility index (Phi) is 9.28. The number of nitrogens with two attached hydrogens (primary N) is 1. The second-order valence-corrected chi connectivity index (χ2v) is 12.9. The lowest BCUT2D eigenvalue weighted by Gasteiger charge is -2.39. The summed E-state index contributed by atoms with van der Waals surface area (Å²) in [6, 6.07) is 13.3. The van der Waals surface area contributed by atoms with E-state index in [2.05, 4.69) is 26.1 Å². The van der Waals surface area contributed by atoms with Gasteiger partial charge in [0.05, 0.1) is 18.6 Å². The maximum absolute atomic E-state index is 13.5. The van der Waals surface area contributed by atoms with Gasteiger partial charge in [-0.2, -0.15) is 0 Å². The molecule has 0 saturated heterocycles. The van der Waals surface area contributed by atoms with E-state index in [9.17, 15) is 14.4 Å². The highest BCUT2D eigenvalue weighted by Gasteiger charge is 2.42. The van der Waals surface area contributed by atoms with Crippen molar-refractivity contribution < 1.29 is 14.4 Å². The molecular weight excluding hydrogens is 504 g/mol. The molecule has 3 N–H and O–H groups in total. The molecule has 0 saturated carbocycles. The van der Waals surface area contributed by atoms with Crippen LogP contribution in [-0.4, -0.2) is 64.2 Å². The average molecular weight is 534 g/mol. The van der Waals surface area contributed by atoms with Crippen LogP contribution in [0.4, 0.5) is 5.69 Å². The summed E-state index contributed by atoms with van der Waals surface area (Å²) in [7, 11) is 4.70. The summed E-state index contributed by atoms with van der Waals surface area (Å²) in [6.45, 7) is 6.05. The number of anilines is 1. The number of nitrogens with one attached hydrogen (secondary N) is 1. The van der Waals surface area contributed by atoms with Crippen LogP contribution < -0.4 is 11.1 Å². The largest absolute Gasteiger partial charge is 0.323 e. The zero-order valence-electron chi connectivity index (χ0n) is 20.2. The first kappa shape index (κ1) is 27.5. The number of likely N-dealkylation sites (N-methyl/N-ethyl adjacent to an activating group) is 1. The van der Waals surface area contributed by atoms with E-state index in [1.807, 2.05) is 36.6 Å². The number of nitrogens with zero attached hydrogens (tertiary/aromatic N) is 2. The lowest BCUT2D eigenvalue weighted by molar-refractivity contribution is -0.144. The van der Waals surface area contributed by atoms with Crippen molar-refractivity contribution in [3.8, 4) is 0 Å². The molecule has 187 valence electrons. The number of amides is 2. The van der Waals surface area contributed by atoms with Crippen LogP contribution in [0.1, 0.15) is 37.9 Å². The third kappa shape index (κ3) is 6.80. The van der Waals surface area contributed by atoms with Gasteiger partial charge < -0.3 is 16.0 Å². The van der Waals surface area contributed by atoms with Gasteiger partial charge in [0.2, 0.25) is 12.2 Å². The average Bonchev–Trinajstić information content (AvgIpc) is 2.91. The maximum Gasteiger partial charge on any atom is 0.262 e. The van der Waals surface area contributed by atoms with E-state index in [0.29, 0.717) is 16.5 Å². The molecule has 2 amide bonds. The van der Waals surface area contributed by atoms with Gasteiger partial charge in [-0.25, -0.2) is 0 Å². The van der Waals surface area contributed by atoms with Crippen LogP contribution >= 0.6 is 33.2 Å². The Morgan fingerprint density at radius 2 is 1.94 bits per heavy atom. The molecule has 3 rings (SSSR count).